The van der Waals surface area contributed by atoms with Gasteiger partial charge in [0.15, 0.2) is 5.82 Å². The summed E-state index contributed by atoms with van der Waals surface area (Å²) >= 11 is 0. The monoisotopic (exact) mass is 306 g/mol. The Morgan fingerprint density at radius 3 is 2.45 bits per heavy atom. The van der Waals surface area contributed by atoms with Crippen molar-refractivity contribution in [2.24, 2.45) is 23.7 Å². The molecule has 22 heavy (non-hydrogen) atoms. The number of aliphatic carboxylic acids is 1. The molecule has 1 amide bonds. The molecule has 2 bridgehead atoms. The van der Waals surface area contributed by atoms with E-state index in [2.05, 4.69) is 10.5 Å². The van der Waals surface area contributed by atoms with Crippen molar-refractivity contribution in [2.75, 3.05) is 5.32 Å². The zero-order valence-electron chi connectivity index (χ0n) is 13.1. The summed E-state index contributed by atoms with van der Waals surface area (Å²) in [6, 6.07) is 1.71. The highest BCUT2D eigenvalue weighted by Crippen LogP contribution is 2.52. The van der Waals surface area contributed by atoms with Crippen molar-refractivity contribution >= 4 is 17.7 Å². The average Bonchev–Trinajstić information content (AvgIpc) is 3.11. The quantitative estimate of drug-likeness (QED) is 0.895. The highest BCUT2D eigenvalue weighted by atomic mass is 16.5. The van der Waals surface area contributed by atoms with E-state index in [1.807, 2.05) is 20.8 Å². The standard InChI is InChI=1S/C16H22N2O4/c1-16(2,3)10-7-11(18-22-10)17-14(19)12-8-4-5-9(6-8)13(12)15(20)21/h7-9,12-13H,4-6H2,1-3H3,(H,20,21)(H,17,18,19)/t8-,9-,12-,13-/m0/s1. The van der Waals surface area contributed by atoms with Gasteiger partial charge < -0.3 is 14.9 Å². The van der Waals surface area contributed by atoms with Gasteiger partial charge in [-0.3, -0.25) is 9.59 Å². The number of carboxylic acids is 1. The molecule has 2 aliphatic carbocycles. The third kappa shape index (κ3) is 2.51. The maximum absolute atomic E-state index is 12.5. The largest absolute Gasteiger partial charge is 0.481 e. The molecule has 1 aromatic heterocycles. The van der Waals surface area contributed by atoms with Crippen LogP contribution >= 0.6 is 0 Å². The minimum Gasteiger partial charge on any atom is -0.481 e. The summed E-state index contributed by atoms with van der Waals surface area (Å²) in [5.74, 6) is -0.747. The van der Waals surface area contributed by atoms with Crippen molar-refractivity contribution in [2.45, 2.75) is 45.4 Å². The van der Waals surface area contributed by atoms with Crippen molar-refractivity contribution in [3.63, 3.8) is 0 Å². The molecule has 2 fully saturated rings. The van der Waals surface area contributed by atoms with Gasteiger partial charge in [-0.05, 0) is 31.1 Å². The molecule has 1 heterocycles. The molecule has 2 N–H and O–H groups in total. The molecular weight excluding hydrogens is 284 g/mol. The fourth-order valence-electron chi connectivity index (χ4n) is 3.92. The topological polar surface area (TPSA) is 92.4 Å². The first kappa shape index (κ1) is 15.1. The number of hydrogen-bond donors (Lipinski definition) is 2. The van der Waals surface area contributed by atoms with Gasteiger partial charge in [-0.25, -0.2) is 0 Å². The molecule has 1 aromatic rings. The van der Waals surface area contributed by atoms with Gasteiger partial charge in [-0.2, -0.15) is 0 Å². The van der Waals surface area contributed by atoms with Crippen LogP contribution in [-0.2, 0) is 15.0 Å². The van der Waals surface area contributed by atoms with E-state index in [0.29, 0.717) is 11.6 Å². The van der Waals surface area contributed by atoms with Crippen LogP contribution < -0.4 is 5.32 Å². The van der Waals surface area contributed by atoms with E-state index < -0.39 is 17.8 Å². The first-order valence-corrected chi connectivity index (χ1v) is 7.78. The molecule has 4 atom stereocenters. The van der Waals surface area contributed by atoms with Crippen LogP contribution in [0.1, 0.15) is 45.8 Å². The fourth-order valence-corrected chi connectivity index (χ4v) is 3.92. The fraction of sp³-hybridized carbons (Fsp3) is 0.688. The van der Waals surface area contributed by atoms with E-state index in [1.165, 1.54) is 0 Å². The van der Waals surface area contributed by atoms with E-state index in [-0.39, 0.29) is 23.2 Å². The lowest BCUT2D eigenvalue weighted by molar-refractivity contribution is -0.148. The van der Waals surface area contributed by atoms with Gasteiger partial charge in [0, 0.05) is 11.5 Å². The van der Waals surface area contributed by atoms with Crippen molar-refractivity contribution in [3.8, 4) is 0 Å². The first-order valence-electron chi connectivity index (χ1n) is 7.78. The summed E-state index contributed by atoms with van der Waals surface area (Å²) in [5.41, 5.74) is -0.188. The van der Waals surface area contributed by atoms with Crippen LogP contribution in [0.4, 0.5) is 5.82 Å². The maximum Gasteiger partial charge on any atom is 0.307 e. The second kappa shape index (κ2) is 5.11. The highest BCUT2D eigenvalue weighted by Gasteiger charge is 2.54. The Hall–Kier alpha value is -1.85. The minimum atomic E-state index is -0.858. The molecule has 0 aliphatic heterocycles. The molecular formula is C16H22N2O4. The minimum absolute atomic E-state index is 0.140. The van der Waals surface area contributed by atoms with Crippen molar-refractivity contribution in [1.82, 2.24) is 5.16 Å². The maximum atomic E-state index is 12.5. The summed E-state index contributed by atoms with van der Waals surface area (Å²) < 4.78 is 5.25. The van der Waals surface area contributed by atoms with Gasteiger partial charge in [0.25, 0.3) is 0 Å². The van der Waals surface area contributed by atoms with Crippen molar-refractivity contribution in [3.05, 3.63) is 11.8 Å². The lowest BCUT2D eigenvalue weighted by Gasteiger charge is -2.26. The van der Waals surface area contributed by atoms with Crippen LogP contribution in [0, 0.1) is 23.7 Å². The van der Waals surface area contributed by atoms with Crippen LogP contribution in [0.15, 0.2) is 10.6 Å². The number of nitrogens with zero attached hydrogens (tertiary/aromatic N) is 1. The van der Waals surface area contributed by atoms with Gasteiger partial charge >= 0.3 is 5.97 Å². The summed E-state index contributed by atoms with van der Waals surface area (Å²) in [6.45, 7) is 5.99. The number of fused-ring (bicyclic) bond motifs is 2. The number of carboxylic acid groups (broad SMARTS) is 1. The predicted molar refractivity (Wildman–Crippen MR) is 79.3 cm³/mol. The van der Waals surface area contributed by atoms with Gasteiger partial charge in [-0.15, -0.1) is 0 Å². The molecule has 0 aromatic carbocycles. The van der Waals surface area contributed by atoms with E-state index in [4.69, 9.17) is 4.52 Å². The number of hydrogen-bond acceptors (Lipinski definition) is 4. The van der Waals surface area contributed by atoms with Crippen LogP contribution in [0.3, 0.4) is 0 Å². The summed E-state index contributed by atoms with van der Waals surface area (Å²) in [4.78, 5) is 24.0. The zero-order valence-corrected chi connectivity index (χ0v) is 13.1. The highest BCUT2D eigenvalue weighted by molar-refractivity contribution is 5.95. The number of aromatic nitrogens is 1. The van der Waals surface area contributed by atoms with E-state index >= 15 is 0 Å². The molecule has 0 radical (unpaired) electrons. The van der Waals surface area contributed by atoms with E-state index in [0.717, 1.165) is 19.3 Å². The van der Waals surface area contributed by atoms with E-state index in [1.54, 1.807) is 6.07 Å². The number of anilines is 1. The smallest absolute Gasteiger partial charge is 0.307 e. The third-order valence-electron chi connectivity index (χ3n) is 5.00. The summed E-state index contributed by atoms with van der Waals surface area (Å²) in [5, 5.41) is 16.0. The first-order chi connectivity index (χ1) is 10.3. The van der Waals surface area contributed by atoms with Gasteiger partial charge in [0.05, 0.1) is 11.8 Å². The molecule has 6 heteroatoms. The molecule has 6 nitrogen and oxygen atoms in total. The number of rotatable bonds is 3. The summed E-state index contributed by atoms with van der Waals surface area (Å²) in [7, 11) is 0. The summed E-state index contributed by atoms with van der Waals surface area (Å²) in [6.07, 6.45) is 2.71. The Balaban J connectivity index is 1.74. The lowest BCUT2D eigenvalue weighted by Crippen LogP contribution is -2.37. The molecule has 0 spiro atoms. The van der Waals surface area contributed by atoms with Gasteiger partial charge in [-0.1, -0.05) is 25.9 Å². The molecule has 2 saturated carbocycles. The Morgan fingerprint density at radius 1 is 1.27 bits per heavy atom. The van der Waals surface area contributed by atoms with Crippen molar-refractivity contribution in [1.29, 1.82) is 0 Å². The lowest BCUT2D eigenvalue weighted by atomic mass is 9.79. The normalized spacial score (nSPS) is 30.5. The molecule has 0 saturated heterocycles. The van der Waals surface area contributed by atoms with Gasteiger partial charge in [0.2, 0.25) is 5.91 Å². The number of amides is 1. The predicted octanol–water partition coefficient (Wildman–Crippen LogP) is 2.66. The Morgan fingerprint density at radius 2 is 1.91 bits per heavy atom. The molecule has 0 unspecified atom stereocenters. The Labute approximate surface area is 129 Å². The van der Waals surface area contributed by atoms with E-state index in [9.17, 15) is 14.7 Å². The second-order valence-electron chi connectivity index (χ2n) is 7.54. The van der Waals surface area contributed by atoms with Crippen molar-refractivity contribution < 1.29 is 19.2 Å². The average molecular weight is 306 g/mol. The number of carbonyl (C=O) groups excluding carboxylic acids is 1. The molecule has 3 rings (SSSR count). The molecule has 2 aliphatic rings. The van der Waals surface area contributed by atoms with Crippen LogP contribution in [0.2, 0.25) is 0 Å². The number of nitrogens with one attached hydrogen (secondary N) is 1. The van der Waals surface area contributed by atoms with Crippen LogP contribution in [-0.4, -0.2) is 22.1 Å². The second-order valence-corrected chi connectivity index (χ2v) is 7.54. The SMILES string of the molecule is CC(C)(C)c1cc(NC(=O)[C@H]2[C@H]3CC[C@@H](C3)[C@@H]2C(=O)O)no1. The van der Waals surface area contributed by atoms with Crippen LogP contribution in [0.25, 0.3) is 0 Å². The van der Waals surface area contributed by atoms with Crippen LogP contribution in [0.5, 0.6) is 0 Å². The third-order valence-corrected chi connectivity index (χ3v) is 5.00. The number of carbonyl (C=O) groups is 2. The molecule has 120 valence electrons. The Bertz CT molecular complexity index is 602. The van der Waals surface area contributed by atoms with Gasteiger partial charge in [0.1, 0.15) is 5.76 Å². The Kier molecular flexibility index (Phi) is 3.50. The zero-order chi connectivity index (χ0) is 16.1.